The number of benzene rings is 2. The lowest BCUT2D eigenvalue weighted by atomic mass is 10.0. The maximum absolute atomic E-state index is 12.5. The fourth-order valence-electron chi connectivity index (χ4n) is 4.53. The van der Waals surface area contributed by atoms with Crippen molar-refractivity contribution in [2.24, 2.45) is 5.10 Å². The maximum atomic E-state index is 12.5. The number of carbonyl (C=O) groups excluding carboxylic acids is 1. The zero-order valence-electron chi connectivity index (χ0n) is 18.3. The molecule has 0 radical (unpaired) electrons. The Bertz CT molecular complexity index is 1260. The number of hydrazone groups is 1. The van der Waals surface area contributed by atoms with Crippen molar-refractivity contribution in [3.63, 3.8) is 0 Å². The summed E-state index contributed by atoms with van der Waals surface area (Å²) in [6.07, 6.45) is 2.73. The number of ether oxygens (including phenoxy) is 2. The molecule has 34 heavy (non-hydrogen) atoms. The fourth-order valence-corrected chi connectivity index (χ4v) is 4.66. The molecule has 0 bridgehead atoms. The van der Waals surface area contributed by atoms with Crippen molar-refractivity contribution in [3.05, 3.63) is 64.5 Å². The van der Waals surface area contributed by atoms with Gasteiger partial charge in [-0.2, -0.15) is 10.1 Å². The molecule has 4 heterocycles. The largest absolute Gasteiger partial charge is 0.454 e. The number of hydrogen-bond acceptors (Lipinski definition) is 8. The Hall–Kier alpha value is -3.59. The lowest BCUT2D eigenvalue weighted by Gasteiger charge is -2.25. The molecule has 1 atom stereocenters. The summed E-state index contributed by atoms with van der Waals surface area (Å²) in [5.41, 5.74) is 2.82. The van der Waals surface area contributed by atoms with Crippen LogP contribution in [0, 0.1) is 0 Å². The van der Waals surface area contributed by atoms with Gasteiger partial charge in [-0.15, -0.1) is 0 Å². The number of hydrogen-bond donors (Lipinski definition) is 0. The highest BCUT2D eigenvalue weighted by Gasteiger charge is 2.38. The van der Waals surface area contributed by atoms with Crippen molar-refractivity contribution in [2.75, 3.05) is 24.9 Å². The molecule has 9 nitrogen and oxygen atoms in total. The summed E-state index contributed by atoms with van der Waals surface area (Å²) < 4.78 is 16.3. The van der Waals surface area contributed by atoms with E-state index < -0.39 is 0 Å². The number of aryl methyl sites for hydroxylation is 2. The van der Waals surface area contributed by atoms with E-state index in [9.17, 15) is 4.79 Å². The highest BCUT2D eigenvalue weighted by atomic mass is 35.5. The third-order valence-corrected chi connectivity index (χ3v) is 6.52. The van der Waals surface area contributed by atoms with E-state index in [0.717, 1.165) is 47.7 Å². The molecule has 2 aromatic carbocycles. The molecule has 1 aromatic heterocycles. The molecule has 0 aliphatic carbocycles. The average molecular weight is 480 g/mol. The summed E-state index contributed by atoms with van der Waals surface area (Å²) in [5.74, 6) is 2.58. The molecule has 3 aliphatic heterocycles. The van der Waals surface area contributed by atoms with Crippen LogP contribution in [-0.2, 0) is 17.6 Å². The van der Waals surface area contributed by atoms with E-state index in [2.05, 4.69) is 10.1 Å². The van der Waals surface area contributed by atoms with Crippen LogP contribution in [0.25, 0.3) is 0 Å². The highest BCUT2D eigenvalue weighted by Crippen LogP contribution is 2.33. The topological polar surface area (TPSA) is 93.3 Å². The van der Waals surface area contributed by atoms with E-state index in [0.29, 0.717) is 36.2 Å². The standard InChI is InChI=1S/C24H22ClN5O4/c25-17-7-5-16(6-8-17)23-18(29-11-1-2-22(29)31)13-30(27-23)24-26-21(34-28-24)10-4-15-3-9-19-20(12-15)33-14-32-19/h3,5-9,12,18H,1-2,4,10-11,13-14H2. The van der Waals surface area contributed by atoms with Crippen molar-refractivity contribution in [1.29, 1.82) is 0 Å². The van der Waals surface area contributed by atoms with Gasteiger partial charge in [0.25, 0.3) is 5.95 Å². The Labute approximate surface area is 200 Å². The summed E-state index contributed by atoms with van der Waals surface area (Å²) >= 11 is 6.07. The lowest BCUT2D eigenvalue weighted by molar-refractivity contribution is -0.128. The first kappa shape index (κ1) is 21.0. The average Bonchev–Trinajstić information content (AvgIpc) is 3.63. The zero-order chi connectivity index (χ0) is 23.1. The zero-order valence-corrected chi connectivity index (χ0v) is 19.1. The Kier molecular flexibility index (Phi) is 5.33. The molecule has 6 rings (SSSR count). The van der Waals surface area contributed by atoms with Gasteiger partial charge in [0.05, 0.1) is 18.3 Å². The number of anilines is 1. The number of aromatic nitrogens is 2. The van der Waals surface area contributed by atoms with Crippen molar-refractivity contribution in [2.45, 2.75) is 31.7 Å². The van der Waals surface area contributed by atoms with Crippen LogP contribution < -0.4 is 14.5 Å². The molecule has 1 unspecified atom stereocenters. The Morgan fingerprint density at radius 1 is 1.06 bits per heavy atom. The Balaban J connectivity index is 1.20. The van der Waals surface area contributed by atoms with Gasteiger partial charge in [0, 0.05) is 30.0 Å². The molecule has 174 valence electrons. The van der Waals surface area contributed by atoms with Gasteiger partial charge in [0.1, 0.15) is 0 Å². The SMILES string of the molecule is O=C1CCCN1C1CN(c2noc(CCc3ccc4c(c3)OCO4)n2)N=C1c1ccc(Cl)cc1. The van der Waals surface area contributed by atoms with E-state index in [1.807, 2.05) is 47.4 Å². The number of halogens is 1. The first-order chi connectivity index (χ1) is 16.6. The number of fused-ring (bicyclic) bond motifs is 1. The van der Waals surface area contributed by atoms with E-state index in [1.54, 1.807) is 5.01 Å². The first-order valence-electron chi connectivity index (χ1n) is 11.3. The second kappa shape index (κ2) is 8.64. The van der Waals surface area contributed by atoms with Crippen LogP contribution in [0.2, 0.25) is 5.02 Å². The van der Waals surface area contributed by atoms with E-state index in [-0.39, 0.29) is 18.7 Å². The summed E-state index contributed by atoms with van der Waals surface area (Å²) in [5, 5.41) is 11.3. The van der Waals surface area contributed by atoms with Crippen molar-refractivity contribution in [1.82, 2.24) is 15.0 Å². The molecule has 0 saturated carbocycles. The third kappa shape index (κ3) is 3.96. The van der Waals surface area contributed by atoms with Crippen LogP contribution in [0.1, 0.15) is 29.9 Å². The number of amides is 1. The summed E-state index contributed by atoms with van der Waals surface area (Å²) in [4.78, 5) is 19.0. The van der Waals surface area contributed by atoms with Crippen molar-refractivity contribution < 1.29 is 18.8 Å². The summed E-state index contributed by atoms with van der Waals surface area (Å²) in [6.45, 7) is 1.45. The van der Waals surface area contributed by atoms with Crippen LogP contribution in [0.15, 0.2) is 52.1 Å². The molecule has 10 heteroatoms. The highest BCUT2D eigenvalue weighted by molar-refractivity contribution is 6.30. The predicted octanol–water partition coefficient (Wildman–Crippen LogP) is 3.45. The third-order valence-electron chi connectivity index (χ3n) is 6.27. The van der Waals surface area contributed by atoms with Gasteiger partial charge in [-0.3, -0.25) is 4.79 Å². The minimum Gasteiger partial charge on any atom is -0.454 e. The van der Waals surface area contributed by atoms with Crippen LogP contribution in [0.5, 0.6) is 11.5 Å². The van der Waals surface area contributed by atoms with Crippen LogP contribution in [0.4, 0.5) is 5.95 Å². The monoisotopic (exact) mass is 479 g/mol. The number of rotatable bonds is 6. The minimum absolute atomic E-state index is 0.144. The van der Waals surface area contributed by atoms with Crippen LogP contribution >= 0.6 is 11.6 Å². The second-order valence-electron chi connectivity index (χ2n) is 8.46. The van der Waals surface area contributed by atoms with E-state index >= 15 is 0 Å². The second-order valence-corrected chi connectivity index (χ2v) is 8.89. The molecule has 1 fully saturated rings. The van der Waals surface area contributed by atoms with Gasteiger partial charge < -0.3 is 18.9 Å². The molecule has 3 aliphatic rings. The summed E-state index contributed by atoms with van der Waals surface area (Å²) in [7, 11) is 0. The van der Waals surface area contributed by atoms with Gasteiger partial charge in [-0.05, 0) is 47.8 Å². The Morgan fingerprint density at radius 3 is 2.74 bits per heavy atom. The predicted molar refractivity (Wildman–Crippen MR) is 124 cm³/mol. The molecule has 3 aromatic rings. The van der Waals surface area contributed by atoms with Gasteiger partial charge in [0.15, 0.2) is 11.5 Å². The van der Waals surface area contributed by atoms with Gasteiger partial charge in [0.2, 0.25) is 18.6 Å². The molecular weight excluding hydrogens is 458 g/mol. The molecule has 0 spiro atoms. The van der Waals surface area contributed by atoms with Gasteiger partial charge in [-0.25, -0.2) is 5.01 Å². The normalized spacial score (nSPS) is 19.3. The number of nitrogens with zero attached hydrogens (tertiary/aromatic N) is 5. The van der Waals surface area contributed by atoms with Crippen molar-refractivity contribution >= 4 is 29.2 Å². The van der Waals surface area contributed by atoms with Gasteiger partial charge >= 0.3 is 0 Å². The quantitative estimate of drug-likeness (QED) is 0.534. The maximum Gasteiger partial charge on any atom is 0.286 e. The molecule has 0 N–H and O–H groups in total. The minimum atomic E-state index is -0.174. The smallest absolute Gasteiger partial charge is 0.286 e. The molecule has 1 saturated heterocycles. The summed E-state index contributed by atoms with van der Waals surface area (Å²) in [6, 6.07) is 13.2. The molecule has 1 amide bonds. The first-order valence-corrected chi connectivity index (χ1v) is 11.6. The van der Waals surface area contributed by atoms with E-state index in [4.69, 9.17) is 30.7 Å². The number of carbonyl (C=O) groups is 1. The van der Waals surface area contributed by atoms with Gasteiger partial charge in [-0.1, -0.05) is 29.8 Å². The van der Waals surface area contributed by atoms with Crippen LogP contribution in [-0.4, -0.2) is 52.6 Å². The fraction of sp³-hybridized carbons (Fsp3) is 0.333. The molecular formula is C24H22ClN5O4. The lowest BCUT2D eigenvalue weighted by Crippen LogP contribution is -2.44. The van der Waals surface area contributed by atoms with Crippen LogP contribution in [0.3, 0.4) is 0 Å². The van der Waals surface area contributed by atoms with Crippen molar-refractivity contribution in [3.8, 4) is 11.5 Å². The van der Waals surface area contributed by atoms with E-state index in [1.165, 1.54) is 0 Å². The number of likely N-dealkylation sites (tertiary alicyclic amines) is 1. The Morgan fingerprint density at radius 2 is 1.91 bits per heavy atom.